The lowest BCUT2D eigenvalue weighted by molar-refractivity contribution is -0.123. The van der Waals surface area contributed by atoms with Crippen molar-refractivity contribution in [2.75, 3.05) is 0 Å². The molecular formula is C26H23ClN4O3. The quantitative estimate of drug-likeness (QED) is 0.252. The third-order valence-corrected chi connectivity index (χ3v) is 5.55. The number of carbonyl (C=O) groups excluding carboxylic acids is 2. The number of benzene rings is 3. The molecular weight excluding hydrogens is 452 g/mol. The number of alkyl carbamates (subject to hydrolysis) is 1. The third kappa shape index (κ3) is 6.02. The van der Waals surface area contributed by atoms with Crippen LogP contribution in [0.25, 0.3) is 10.9 Å². The normalized spacial score (nSPS) is 11.9. The summed E-state index contributed by atoms with van der Waals surface area (Å²) in [7, 11) is 0. The Bertz CT molecular complexity index is 1300. The van der Waals surface area contributed by atoms with E-state index in [9.17, 15) is 9.59 Å². The minimum absolute atomic E-state index is 0.0960. The number of nitrogens with one attached hydrogen (secondary N) is 3. The number of para-hydroxylation sites is 1. The molecule has 3 aromatic carbocycles. The standard InChI is InChI=1S/C26H23ClN4O3/c27-22-12-6-4-10-19(22)16-29-31-25(32)24(14-20-15-28-23-13-7-5-11-21(20)23)30-26(33)34-17-18-8-2-1-3-9-18/h1-13,15-16,24,28H,14,17H2,(H,30,33)(H,31,32)/b29-16-/t24-/m0/s1. The summed E-state index contributed by atoms with van der Waals surface area (Å²) in [6.45, 7) is 0.0960. The van der Waals surface area contributed by atoms with Crippen LogP contribution < -0.4 is 10.7 Å². The molecule has 0 aliphatic heterocycles. The lowest BCUT2D eigenvalue weighted by Gasteiger charge is -2.17. The fourth-order valence-corrected chi connectivity index (χ4v) is 3.64. The molecule has 1 aromatic heterocycles. The van der Waals surface area contributed by atoms with E-state index in [1.165, 1.54) is 6.21 Å². The van der Waals surface area contributed by atoms with Gasteiger partial charge in [-0.2, -0.15) is 5.10 Å². The van der Waals surface area contributed by atoms with Crippen LogP contribution in [0.15, 0.2) is 90.2 Å². The first-order chi connectivity index (χ1) is 16.6. The summed E-state index contributed by atoms with van der Waals surface area (Å²) < 4.78 is 5.31. The summed E-state index contributed by atoms with van der Waals surface area (Å²) in [5.41, 5.74) is 5.82. The number of amides is 2. The molecule has 0 unspecified atom stereocenters. The van der Waals surface area contributed by atoms with E-state index in [1.807, 2.05) is 66.9 Å². The highest BCUT2D eigenvalue weighted by atomic mass is 35.5. The average molecular weight is 475 g/mol. The summed E-state index contributed by atoms with van der Waals surface area (Å²) in [6.07, 6.45) is 2.84. The van der Waals surface area contributed by atoms with Gasteiger partial charge in [0.05, 0.1) is 6.21 Å². The second-order valence-electron chi connectivity index (χ2n) is 7.58. The summed E-state index contributed by atoms with van der Waals surface area (Å²) >= 11 is 6.13. The molecule has 0 bridgehead atoms. The number of nitrogens with zero attached hydrogens (tertiary/aromatic N) is 1. The first kappa shape index (κ1) is 23.1. The zero-order chi connectivity index (χ0) is 23.8. The maximum absolute atomic E-state index is 13.0. The molecule has 0 aliphatic carbocycles. The van der Waals surface area contributed by atoms with E-state index >= 15 is 0 Å². The van der Waals surface area contributed by atoms with Gasteiger partial charge in [0.1, 0.15) is 12.6 Å². The van der Waals surface area contributed by atoms with Crippen LogP contribution in [0.3, 0.4) is 0 Å². The van der Waals surface area contributed by atoms with Crippen molar-refractivity contribution in [3.63, 3.8) is 0 Å². The number of fused-ring (bicyclic) bond motifs is 1. The Morgan fingerprint density at radius 3 is 2.56 bits per heavy atom. The Morgan fingerprint density at radius 2 is 1.74 bits per heavy atom. The monoisotopic (exact) mass is 474 g/mol. The SMILES string of the molecule is O=C(N[C@@H](Cc1c[nH]c2ccccc12)C(=O)N/N=C\c1ccccc1Cl)OCc1ccccc1. The number of hydrazone groups is 1. The predicted molar refractivity (Wildman–Crippen MR) is 133 cm³/mol. The van der Waals surface area contributed by atoms with Crippen molar-refractivity contribution in [2.45, 2.75) is 19.1 Å². The Labute approximate surface area is 201 Å². The zero-order valence-electron chi connectivity index (χ0n) is 18.2. The number of H-pyrrole nitrogens is 1. The average Bonchev–Trinajstić information content (AvgIpc) is 3.27. The summed E-state index contributed by atoms with van der Waals surface area (Å²) in [6, 6.07) is 23.3. The summed E-state index contributed by atoms with van der Waals surface area (Å²) in [5.74, 6) is -0.481. The fourth-order valence-electron chi connectivity index (χ4n) is 3.46. The van der Waals surface area contributed by atoms with Gasteiger partial charge in [0.25, 0.3) is 5.91 Å². The van der Waals surface area contributed by atoms with Gasteiger partial charge in [0.15, 0.2) is 0 Å². The molecule has 2 amide bonds. The first-order valence-corrected chi connectivity index (χ1v) is 11.1. The first-order valence-electron chi connectivity index (χ1n) is 10.7. The highest BCUT2D eigenvalue weighted by Crippen LogP contribution is 2.19. The maximum atomic E-state index is 13.0. The Balaban J connectivity index is 1.46. The third-order valence-electron chi connectivity index (χ3n) is 5.20. The number of hydrogen-bond acceptors (Lipinski definition) is 4. The Kier molecular flexibility index (Phi) is 7.57. The molecule has 7 nitrogen and oxygen atoms in total. The van der Waals surface area contributed by atoms with Gasteiger partial charge in [-0.1, -0.05) is 78.3 Å². The smallest absolute Gasteiger partial charge is 0.408 e. The lowest BCUT2D eigenvalue weighted by atomic mass is 10.0. The molecule has 0 saturated carbocycles. The van der Waals surface area contributed by atoms with Gasteiger partial charge in [-0.15, -0.1) is 0 Å². The number of hydrogen-bond donors (Lipinski definition) is 3. The highest BCUT2D eigenvalue weighted by Gasteiger charge is 2.23. The molecule has 1 heterocycles. The molecule has 4 rings (SSSR count). The number of aromatic nitrogens is 1. The van der Waals surface area contributed by atoms with Crippen molar-refractivity contribution in [2.24, 2.45) is 5.10 Å². The van der Waals surface area contributed by atoms with E-state index in [1.54, 1.807) is 18.2 Å². The topological polar surface area (TPSA) is 95.6 Å². The molecule has 34 heavy (non-hydrogen) atoms. The van der Waals surface area contributed by atoms with Gasteiger partial charge in [-0.05, 0) is 23.3 Å². The second-order valence-corrected chi connectivity index (χ2v) is 7.99. The molecule has 8 heteroatoms. The molecule has 1 atom stereocenters. The van der Waals surface area contributed by atoms with Gasteiger partial charge in [-0.25, -0.2) is 10.2 Å². The van der Waals surface area contributed by atoms with E-state index in [-0.39, 0.29) is 13.0 Å². The Hall–Kier alpha value is -4.10. The molecule has 172 valence electrons. The van der Waals surface area contributed by atoms with Gasteiger partial charge >= 0.3 is 6.09 Å². The molecule has 0 saturated heterocycles. The summed E-state index contributed by atoms with van der Waals surface area (Å²) in [5, 5.41) is 8.15. The van der Waals surface area contributed by atoms with Gasteiger partial charge in [0.2, 0.25) is 0 Å². The Morgan fingerprint density at radius 1 is 1.00 bits per heavy atom. The van der Waals surface area contributed by atoms with Crippen LogP contribution >= 0.6 is 11.6 Å². The van der Waals surface area contributed by atoms with Crippen molar-refractivity contribution < 1.29 is 14.3 Å². The van der Waals surface area contributed by atoms with E-state index in [4.69, 9.17) is 16.3 Å². The van der Waals surface area contributed by atoms with E-state index < -0.39 is 18.0 Å². The van der Waals surface area contributed by atoms with E-state index in [0.29, 0.717) is 10.6 Å². The molecule has 0 aliphatic rings. The van der Waals surface area contributed by atoms with Crippen molar-refractivity contribution in [3.05, 3.63) is 107 Å². The van der Waals surface area contributed by atoms with Gasteiger partial charge in [0, 0.05) is 34.1 Å². The van der Waals surface area contributed by atoms with Crippen molar-refractivity contribution in [1.82, 2.24) is 15.7 Å². The highest BCUT2D eigenvalue weighted by molar-refractivity contribution is 6.33. The number of halogens is 1. The van der Waals surface area contributed by atoms with Gasteiger partial charge < -0.3 is 15.0 Å². The number of ether oxygens (including phenoxy) is 1. The van der Waals surface area contributed by atoms with Crippen LogP contribution in [0.2, 0.25) is 5.02 Å². The number of carbonyl (C=O) groups is 2. The number of rotatable bonds is 8. The minimum Gasteiger partial charge on any atom is -0.445 e. The summed E-state index contributed by atoms with van der Waals surface area (Å²) in [4.78, 5) is 28.6. The van der Waals surface area contributed by atoms with E-state index in [0.717, 1.165) is 22.0 Å². The van der Waals surface area contributed by atoms with Crippen LogP contribution in [0.5, 0.6) is 0 Å². The van der Waals surface area contributed by atoms with Crippen molar-refractivity contribution in [1.29, 1.82) is 0 Å². The molecule has 0 spiro atoms. The molecule has 4 aromatic rings. The van der Waals surface area contributed by atoms with Crippen LogP contribution in [-0.2, 0) is 22.6 Å². The van der Waals surface area contributed by atoms with Crippen LogP contribution in [0.1, 0.15) is 16.7 Å². The zero-order valence-corrected chi connectivity index (χ0v) is 19.0. The fraction of sp³-hybridized carbons (Fsp3) is 0.115. The molecule has 0 radical (unpaired) electrons. The minimum atomic E-state index is -0.911. The van der Waals surface area contributed by atoms with Crippen LogP contribution in [0, 0.1) is 0 Å². The molecule has 0 fully saturated rings. The van der Waals surface area contributed by atoms with Crippen LogP contribution in [-0.4, -0.2) is 29.2 Å². The lowest BCUT2D eigenvalue weighted by Crippen LogP contribution is -2.47. The largest absolute Gasteiger partial charge is 0.445 e. The molecule has 3 N–H and O–H groups in total. The second kappa shape index (κ2) is 11.2. The van der Waals surface area contributed by atoms with Crippen LogP contribution in [0.4, 0.5) is 4.79 Å². The van der Waals surface area contributed by atoms with E-state index in [2.05, 4.69) is 20.8 Å². The van der Waals surface area contributed by atoms with Crippen molar-refractivity contribution >= 4 is 40.7 Å². The maximum Gasteiger partial charge on any atom is 0.408 e. The predicted octanol–water partition coefficient (Wildman–Crippen LogP) is 4.81. The van der Waals surface area contributed by atoms with Gasteiger partial charge in [-0.3, -0.25) is 4.79 Å². The number of aromatic amines is 1. The van der Waals surface area contributed by atoms with Crippen molar-refractivity contribution in [3.8, 4) is 0 Å².